The molecule has 0 bridgehead atoms. The van der Waals surface area contributed by atoms with E-state index in [9.17, 15) is 4.79 Å². The van der Waals surface area contributed by atoms with Crippen molar-refractivity contribution in [3.05, 3.63) is 18.1 Å². The van der Waals surface area contributed by atoms with E-state index >= 15 is 0 Å². The fourth-order valence-electron chi connectivity index (χ4n) is 1.89. The Hall–Kier alpha value is -1.35. The van der Waals surface area contributed by atoms with Crippen LogP contribution in [0.25, 0.3) is 0 Å². The molecule has 8 heteroatoms. The Bertz CT molecular complexity index is 573. The molecule has 0 saturated heterocycles. The molecule has 1 aromatic heterocycles. The van der Waals surface area contributed by atoms with Crippen molar-refractivity contribution in [2.24, 2.45) is 0 Å². The van der Waals surface area contributed by atoms with Crippen LogP contribution in [-0.2, 0) is 18.7 Å². The molecule has 1 amide bonds. The van der Waals surface area contributed by atoms with E-state index in [1.54, 1.807) is 13.3 Å². The summed E-state index contributed by atoms with van der Waals surface area (Å²) in [5.74, 6) is 0.118. The third-order valence-corrected chi connectivity index (χ3v) is 8.99. The molecule has 0 aliphatic carbocycles. The summed E-state index contributed by atoms with van der Waals surface area (Å²) < 4.78 is 17.1. The molecule has 0 spiro atoms. The molecule has 0 aromatic carbocycles. The maximum atomic E-state index is 12.8. The van der Waals surface area contributed by atoms with Gasteiger partial charge in [-0.3, -0.25) is 9.78 Å². The van der Waals surface area contributed by atoms with Crippen molar-refractivity contribution >= 4 is 20.0 Å². The Morgan fingerprint density at radius 3 is 2.38 bits per heavy atom. The highest BCUT2D eigenvalue weighted by molar-refractivity contribution is 6.74. The first-order valence-corrected chi connectivity index (χ1v) is 11.7. The van der Waals surface area contributed by atoms with E-state index in [1.165, 1.54) is 6.20 Å². The number of nitrogens with one attached hydrogen (secondary N) is 1. The van der Waals surface area contributed by atoms with Gasteiger partial charge in [-0.25, -0.2) is 4.98 Å². The number of methoxy groups -OCH3 is 1. The van der Waals surface area contributed by atoms with Gasteiger partial charge < -0.3 is 19.2 Å². The van der Waals surface area contributed by atoms with Gasteiger partial charge in [-0.15, -0.1) is 0 Å². The van der Waals surface area contributed by atoms with Crippen molar-refractivity contribution in [3.63, 3.8) is 0 Å². The fraction of sp³-hybridized carbons (Fsp3) is 0.722. The summed E-state index contributed by atoms with van der Waals surface area (Å²) in [4.78, 5) is 21.1. The van der Waals surface area contributed by atoms with Crippen LogP contribution < -0.4 is 5.32 Å². The van der Waals surface area contributed by atoms with Crippen LogP contribution in [0.5, 0.6) is 0 Å². The maximum Gasteiger partial charge on any atom is 0.255 e. The van der Waals surface area contributed by atoms with Crippen molar-refractivity contribution in [1.29, 1.82) is 0 Å². The molecular weight excluding hydrogens is 350 g/mol. The topological polar surface area (TPSA) is 82.6 Å². The number of anilines is 1. The number of amides is 1. The van der Waals surface area contributed by atoms with Crippen molar-refractivity contribution in [2.45, 2.75) is 65.0 Å². The quantitative estimate of drug-likeness (QED) is 0.660. The third-order valence-electron chi connectivity index (χ3n) is 4.50. The second-order valence-corrected chi connectivity index (χ2v) is 12.8. The van der Waals surface area contributed by atoms with Gasteiger partial charge in [0.1, 0.15) is 6.10 Å². The Morgan fingerprint density at radius 2 is 1.88 bits per heavy atom. The minimum absolute atomic E-state index is 0.0205. The highest BCUT2D eigenvalue weighted by Crippen LogP contribution is 2.37. The lowest BCUT2D eigenvalue weighted by molar-refractivity contribution is -0.127. The summed E-state index contributed by atoms with van der Waals surface area (Å²) in [5.41, 5.74) is 0.786. The van der Waals surface area contributed by atoms with Crippen molar-refractivity contribution < 1.29 is 18.7 Å². The Labute approximate surface area is 158 Å². The van der Waals surface area contributed by atoms with E-state index in [2.05, 4.69) is 49.1 Å². The predicted molar refractivity (Wildman–Crippen MR) is 105 cm³/mol. The summed E-state index contributed by atoms with van der Waals surface area (Å²) >= 11 is 0. The molecule has 1 heterocycles. The van der Waals surface area contributed by atoms with Gasteiger partial charge in [0, 0.05) is 7.11 Å². The number of rotatable bonds is 9. The smallest absolute Gasteiger partial charge is 0.255 e. The number of carbonyl (C=O) groups excluding carboxylic acids is 1. The number of carbonyl (C=O) groups is 1. The number of hydrogen-bond donors (Lipinski definition) is 1. The average molecular weight is 384 g/mol. The highest BCUT2D eigenvalue weighted by atomic mass is 28.4. The monoisotopic (exact) mass is 383 g/mol. The van der Waals surface area contributed by atoms with Crippen molar-refractivity contribution in [1.82, 2.24) is 9.97 Å². The van der Waals surface area contributed by atoms with Crippen LogP contribution in [0.15, 0.2) is 12.4 Å². The van der Waals surface area contributed by atoms with E-state index in [0.29, 0.717) is 12.4 Å². The molecule has 0 fully saturated rings. The molecule has 148 valence electrons. The largest absolute Gasteiger partial charge is 0.403 e. The van der Waals surface area contributed by atoms with Gasteiger partial charge in [0.2, 0.25) is 0 Å². The molecule has 26 heavy (non-hydrogen) atoms. The zero-order valence-corrected chi connectivity index (χ0v) is 18.3. The van der Waals surface area contributed by atoms with Crippen LogP contribution in [0.3, 0.4) is 0 Å². The lowest BCUT2D eigenvalue weighted by atomic mass is 10.2. The second kappa shape index (κ2) is 9.54. The number of hydrogen-bond acceptors (Lipinski definition) is 6. The lowest BCUT2D eigenvalue weighted by Crippen LogP contribution is -2.49. The first-order valence-electron chi connectivity index (χ1n) is 8.84. The Morgan fingerprint density at radius 1 is 1.23 bits per heavy atom. The molecule has 1 rings (SSSR count). The molecule has 0 saturated carbocycles. The first-order chi connectivity index (χ1) is 12.0. The number of aryl methyl sites for hydroxylation is 1. The zero-order valence-electron chi connectivity index (χ0n) is 17.3. The van der Waals surface area contributed by atoms with Crippen LogP contribution in [0.2, 0.25) is 18.1 Å². The summed E-state index contributed by atoms with van der Waals surface area (Å²) in [6.07, 6.45) is 2.29. The van der Waals surface area contributed by atoms with Gasteiger partial charge in [-0.05, 0) is 32.0 Å². The van der Waals surface area contributed by atoms with Gasteiger partial charge in [-0.2, -0.15) is 0 Å². The van der Waals surface area contributed by atoms with Gasteiger partial charge >= 0.3 is 0 Å². The van der Waals surface area contributed by atoms with Gasteiger partial charge in [0.25, 0.3) is 5.91 Å². The highest BCUT2D eigenvalue weighted by Gasteiger charge is 2.41. The molecule has 7 nitrogen and oxygen atoms in total. The molecule has 0 radical (unpaired) electrons. The molecule has 2 atom stereocenters. The average Bonchev–Trinajstić information content (AvgIpc) is 2.52. The first kappa shape index (κ1) is 22.7. The van der Waals surface area contributed by atoms with Crippen LogP contribution in [0.4, 0.5) is 5.82 Å². The van der Waals surface area contributed by atoms with Crippen LogP contribution in [-0.4, -0.2) is 56.7 Å². The SMILES string of the molecule is COCC(C)OCC(O[Si](C)(C)C(C)(C)C)C(=O)Nc1cnc(C)cn1. The van der Waals surface area contributed by atoms with Crippen molar-refractivity contribution in [3.8, 4) is 0 Å². The van der Waals surface area contributed by atoms with E-state index in [1.807, 2.05) is 13.8 Å². The molecule has 1 N–H and O–H groups in total. The van der Waals surface area contributed by atoms with E-state index in [4.69, 9.17) is 13.9 Å². The summed E-state index contributed by atoms with van der Waals surface area (Å²) in [7, 11) is -0.538. The Balaban J connectivity index is 2.87. The minimum Gasteiger partial charge on any atom is -0.403 e. The van der Waals surface area contributed by atoms with Gasteiger partial charge in [0.05, 0.1) is 37.4 Å². The van der Waals surface area contributed by atoms with Crippen molar-refractivity contribution in [2.75, 3.05) is 25.6 Å². The fourth-order valence-corrected chi connectivity index (χ4v) is 3.13. The Kier molecular flexibility index (Phi) is 8.33. The molecule has 1 aromatic rings. The van der Waals surface area contributed by atoms with Gasteiger partial charge in [-0.1, -0.05) is 20.8 Å². The summed E-state index contributed by atoms with van der Waals surface area (Å²) in [6.45, 7) is 15.0. The number of nitrogens with zero attached hydrogens (tertiary/aromatic N) is 2. The lowest BCUT2D eigenvalue weighted by Gasteiger charge is -2.38. The van der Waals surface area contributed by atoms with E-state index < -0.39 is 14.4 Å². The summed E-state index contributed by atoms with van der Waals surface area (Å²) in [6, 6.07) is 0. The van der Waals surface area contributed by atoms with Crippen LogP contribution >= 0.6 is 0 Å². The number of aromatic nitrogens is 2. The normalized spacial score (nSPS) is 14.8. The predicted octanol–water partition coefficient (Wildman–Crippen LogP) is 3.17. The summed E-state index contributed by atoms with van der Waals surface area (Å²) in [5, 5.41) is 2.75. The van der Waals surface area contributed by atoms with Crippen LogP contribution in [0, 0.1) is 6.92 Å². The second-order valence-electron chi connectivity index (χ2n) is 8.00. The van der Waals surface area contributed by atoms with E-state index in [-0.39, 0.29) is 23.7 Å². The minimum atomic E-state index is -2.16. The zero-order chi connectivity index (χ0) is 20.0. The molecular formula is C18H33N3O4Si. The third kappa shape index (κ3) is 7.11. The van der Waals surface area contributed by atoms with E-state index in [0.717, 1.165) is 5.69 Å². The molecule has 0 aliphatic rings. The molecule has 2 unspecified atom stereocenters. The van der Waals surface area contributed by atoms with Crippen LogP contribution in [0.1, 0.15) is 33.4 Å². The standard InChI is InChI=1S/C18H33N3O4Si/c1-13-9-20-16(10-19-13)21-17(22)15(12-24-14(2)11-23-6)25-26(7,8)18(3,4)5/h9-10,14-15H,11-12H2,1-8H3,(H,20,21,22). The maximum absolute atomic E-state index is 12.8. The van der Waals surface area contributed by atoms with Gasteiger partial charge in [0.15, 0.2) is 14.1 Å². The molecule has 0 aliphatic heterocycles. The number of ether oxygens (including phenoxy) is 2.